The van der Waals surface area contributed by atoms with E-state index in [1.165, 1.54) is 15.6 Å². The molecule has 0 bridgehead atoms. The lowest BCUT2D eigenvalue weighted by molar-refractivity contribution is 0.473. The van der Waals surface area contributed by atoms with Gasteiger partial charge in [0.15, 0.2) is 5.84 Å². The first-order valence-corrected chi connectivity index (χ1v) is 9.65. The van der Waals surface area contributed by atoms with Gasteiger partial charge >= 0.3 is 0 Å². The molecule has 0 fully saturated rings. The number of benzene rings is 2. The third-order valence-corrected chi connectivity index (χ3v) is 6.04. The Kier molecular flexibility index (Phi) is 3.79. The van der Waals surface area contributed by atoms with E-state index in [-0.39, 0.29) is 0 Å². The molecule has 5 nitrogen and oxygen atoms in total. The first-order chi connectivity index (χ1) is 13.2. The molecule has 2 aromatic carbocycles. The second kappa shape index (κ2) is 6.32. The Hall–Kier alpha value is -2.99. The topological polar surface area (TPSA) is 34.4 Å². The molecule has 0 atom stereocenters. The number of anilines is 2. The maximum atomic E-state index is 4.78. The molecule has 2 aromatic rings. The highest BCUT2D eigenvalue weighted by atomic mass is 32.2. The molecule has 0 unspecified atom stereocenters. The summed E-state index contributed by atoms with van der Waals surface area (Å²) in [5.74, 6) is 0.953. The minimum Gasteiger partial charge on any atom is -0.350 e. The second-order valence-electron chi connectivity index (χ2n) is 6.62. The van der Waals surface area contributed by atoms with Gasteiger partial charge in [0.25, 0.3) is 0 Å². The van der Waals surface area contributed by atoms with Crippen molar-refractivity contribution in [3.05, 3.63) is 77.1 Å². The molecule has 0 saturated heterocycles. The van der Waals surface area contributed by atoms with Crippen molar-refractivity contribution < 1.29 is 0 Å². The van der Waals surface area contributed by atoms with Gasteiger partial charge in [-0.25, -0.2) is 9.98 Å². The fourth-order valence-electron chi connectivity index (χ4n) is 3.47. The first-order valence-electron chi connectivity index (χ1n) is 8.83. The molecule has 0 aromatic heterocycles. The van der Waals surface area contributed by atoms with Gasteiger partial charge < -0.3 is 9.80 Å². The molecule has 5 rings (SSSR count). The predicted molar refractivity (Wildman–Crippen MR) is 113 cm³/mol. The highest BCUT2D eigenvalue weighted by Crippen LogP contribution is 2.45. The Labute approximate surface area is 163 Å². The van der Waals surface area contributed by atoms with E-state index in [2.05, 4.69) is 71.3 Å². The molecule has 27 heavy (non-hydrogen) atoms. The molecule has 6 heteroatoms. The number of allylic oxidation sites excluding steroid dienone is 1. The van der Waals surface area contributed by atoms with Gasteiger partial charge in [0.1, 0.15) is 18.7 Å². The average Bonchev–Trinajstić information content (AvgIpc) is 3.24. The molecule has 0 spiro atoms. The number of hydrogen-bond acceptors (Lipinski definition) is 6. The number of aliphatic imine (C=N–C) groups is 2. The van der Waals surface area contributed by atoms with Gasteiger partial charge in [-0.1, -0.05) is 42.1 Å². The van der Waals surface area contributed by atoms with Crippen LogP contribution >= 0.6 is 11.8 Å². The zero-order valence-corrected chi connectivity index (χ0v) is 16.0. The zero-order valence-electron chi connectivity index (χ0n) is 15.2. The lowest BCUT2D eigenvalue weighted by Gasteiger charge is -2.27. The standard InChI is InChI=1S/C21H19N5S/c1-24-13-23-21-20(24)16(22-14-26(21)15-8-4-3-5-9-15)12-19-25(2)17-10-6-7-11-18(17)27-19/h3-12,14H,13H2,1-2H3/b19-12-. The smallest absolute Gasteiger partial charge is 0.161 e. The van der Waals surface area contributed by atoms with E-state index in [0.717, 1.165) is 22.9 Å². The van der Waals surface area contributed by atoms with E-state index in [9.17, 15) is 0 Å². The lowest BCUT2D eigenvalue weighted by atomic mass is 10.2. The molecule has 134 valence electrons. The summed E-state index contributed by atoms with van der Waals surface area (Å²) in [5.41, 5.74) is 4.32. The molecule has 0 radical (unpaired) electrons. The van der Waals surface area contributed by atoms with Crippen molar-refractivity contribution in [1.82, 2.24) is 4.90 Å². The molecule has 3 aliphatic heterocycles. The Morgan fingerprint density at radius 1 is 1.00 bits per heavy atom. The van der Waals surface area contributed by atoms with Crippen LogP contribution < -0.4 is 9.80 Å². The summed E-state index contributed by atoms with van der Waals surface area (Å²) in [6.45, 7) is 0.646. The lowest BCUT2D eigenvalue weighted by Crippen LogP contribution is -2.35. The van der Waals surface area contributed by atoms with Crippen molar-refractivity contribution in [2.24, 2.45) is 9.98 Å². The number of amidine groups is 1. The predicted octanol–water partition coefficient (Wildman–Crippen LogP) is 4.13. The number of thioether (sulfide) groups is 1. The normalized spacial score (nSPS) is 19.7. The number of fused-ring (bicyclic) bond motifs is 2. The highest BCUT2D eigenvalue weighted by molar-refractivity contribution is 8.03. The minimum atomic E-state index is 0.646. The van der Waals surface area contributed by atoms with E-state index in [1.807, 2.05) is 24.5 Å². The number of hydrogen-bond donors (Lipinski definition) is 0. The van der Waals surface area contributed by atoms with Crippen molar-refractivity contribution in [1.29, 1.82) is 0 Å². The van der Waals surface area contributed by atoms with Gasteiger partial charge in [-0.2, -0.15) is 0 Å². The molecular formula is C21H19N5S. The summed E-state index contributed by atoms with van der Waals surface area (Å²) in [7, 11) is 4.17. The van der Waals surface area contributed by atoms with Crippen LogP contribution in [-0.2, 0) is 0 Å². The molecule has 3 heterocycles. The van der Waals surface area contributed by atoms with Crippen molar-refractivity contribution >= 4 is 35.3 Å². The quantitative estimate of drug-likeness (QED) is 0.793. The van der Waals surface area contributed by atoms with Crippen molar-refractivity contribution in [3.8, 4) is 0 Å². The fourth-order valence-corrected chi connectivity index (χ4v) is 4.56. The maximum Gasteiger partial charge on any atom is 0.161 e. The Morgan fingerprint density at radius 3 is 2.59 bits per heavy atom. The van der Waals surface area contributed by atoms with Crippen molar-refractivity contribution in [3.63, 3.8) is 0 Å². The Balaban J connectivity index is 1.54. The van der Waals surface area contributed by atoms with Crippen LogP contribution in [0.2, 0.25) is 0 Å². The largest absolute Gasteiger partial charge is 0.350 e. The Morgan fingerprint density at radius 2 is 1.78 bits per heavy atom. The summed E-state index contributed by atoms with van der Waals surface area (Å²) in [6, 6.07) is 18.7. The molecule has 0 aliphatic carbocycles. The third kappa shape index (κ3) is 2.64. The van der Waals surface area contributed by atoms with Gasteiger partial charge in [-0.3, -0.25) is 4.90 Å². The van der Waals surface area contributed by atoms with Gasteiger partial charge in [-0.05, 0) is 30.3 Å². The summed E-state index contributed by atoms with van der Waals surface area (Å²) in [4.78, 5) is 17.2. The van der Waals surface area contributed by atoms with Crippen LogP contribution in [0.4, 0.5) is 11.4 Å². The van der Waals surface area contributed by atoms with Gasteiger partial charge in [0.05, 0.1) is 16.4 Å². The van der Waals surface area contributed by atoms with Crippen LogP contribution in [-0.4, -0.2) is 37.8 Å². The van der Waals surface area contributed by atoms with Crippen LogP contribution in [0, 0.1) is 0 Å². The van der Waals surface area contributed by atoms with E-state index >= 15 is 0 Å². The Bertz CT molecular complexity index is 1020. The zero-order chi connectivity index (χ0) is 18.4. The number of rotatable bonds is 2. The summed E-state index contributed by atoms with van der Waals surface area (Å²) >= 11 is 1.78. The molecule has 3 aliphatic rings. The molecular weight excluding hydrogens is 354 g/mol. The summed E-state index contributed by atoms with van der Waals surface area (Å²) in [5, 5.41) is 1.17. The van der Waals surface area contributed by atoms with E-state index in [1.54, 1.807) is 11.8 Å². The van der Waals surface area contributed by atoms with E-state index in [4.69, 9.17) is 9.98 Å². The van der Waals surface area contributed by atoms with Crippen molar-refractivity contribution in [2.75, 3.05) is 30.6 Å². The molecule has 0 N–H and O–H groups in total. The number of para-hydroxylation sites is 2. The number of nitrogens with zero attached hydrogens (tertiary/aromatic N) is 5. The average molecular weight is 373 g/mol. The monoisotopic (exact) mass is 373 g/mol. The minimum absolute atomic E-state index is 0.646. The van der Waals surface area contributed by atoms with Gasteiger partial charge in [-0.15, -0.1) is 0 Å². The fraction of sp³-hybridized carbons (Fsp3) is 0.143. The van der Waals surface area contributed by atoms with Crippen LogP contribution in [0.5, 0.6) is 0 Å². The first kappa shape index (κ1) is 16.2. The maximum absolute atomic E-state index is 4.78. The highest BCUT2D eigenvalue weighted by Gasteiger charge is 2.31. The van der Waals surface area contributed by atoms with Gasteiger partial charge in [0, 0.05) is 24.7 Å². The van der Waals surface area contributed by atoms with Crippen LogP contribution in [0.25, 0.3) is 0 Å². The van der Waals surface area contributed by atoms with E-state index in [0.29, 0.717) is 6.67 Å². The summed E-state index contributed by atoms with van der Waals surface area (Å²) in [6.07, 6.45) is 4.03. The van der Waals surface area contributed by atoms with Crippen LogP contribution in [0.3, 0.4) is 0 Å². The van der Waals surface area contributed by atoms with Crippen LogP contribution in [0.15, 0.2) is 92.0 Å². The van der Waals surface area contributed by atoms with Crippen LogP contribution in [0.1, 0.15) is 0 Å². The van der Waals surface area contributed by atoms with E-state index < -0.39 is 0 Å². The molecule has 0 saturated carbocycles. The molecule has 0 amide bonds. The van der Waals surface area contributed by atoms with Gasteiger partial charge in [0.2, 0.25) is 0 Å². The SMILES string of the molecule is CN1CN=C2C1=C(/C=C1\Sc3ccccc3N1C)N=CN2c1ccccc1. The summed E-state index contributed by atoms with van der Waals surface area (Å²) < 4.78 is 0. The van der Waals surface area contributed by atoms with Crippen molar-refractivity contribution in [2.45, 2.75) is 4.90 Å². The number of likely N-dealkylation sites (N-methyl/N-ethyl adjacent to an activating group) is 1. The second-order valence-corrected chi connectivity index (χ2v) is 7.68. The third-order valence-electron chi connectivity index (χ3n) is 4.88.